The Balaban J connectivity index is 2.48. The molecule has 0 saturated carbocycles. The molecular formula is C17H21NO3S. The summed E-state index contributed by atoms with van der Waals surface area (Å²) in [5.74, 6) is 0.635. The average Bonchev–Trinajstić information content (AvgIpc) is 2.55. The first-order chi connectivity index (χ1) is 10.5. The third-order valence-electron chi connectivity index (χ3n) is 3.58. The van der Waals surface area contributed by atoms with E-state index in [4.69, 9.17) is 4.74 Å². The van der Waals surface area contributed by atoms with Crippen LogP contribution in [0.3, 0.4) is 0 Å². The van der Waals surface area contributed by atoms with Crippen LogP contribution in [0.1, 0.15) is 19.4 Å². The van der Waals surface area contributed by atoms with Crippen LogP contribution < -0.4 is 9.04 Å². The van der Waals surface area contributed by atoms with Crippen molar-refractivity contribution in [1.82, 2.24) is 0 Å². The van der Waals surface area contributed by atoms with Gasteiger partial charge in [-0.2, -0.15) is 0 Å². The van der Waals surface area contributed by atoms with Gasteiger partial charge in [0, 0.05) is 6.54 Å². The zero-order chi connectivity index (χ0) is 16.2. The van der Waals surface area contributed by atoms with E-state index in [-0.39, 0.29) is 4.90 Å². The number of ether oxygens (including phenoxy) is 1. The quantitative estimate of drug-likeness (QED) is 0.819. The summed E-state index contributed by atoms with van der Waals surface area (Å²) in [5.41, 5.74) is 1.75. The average molecular weight is 319 g/mol. The first kappa shape index (κ1) is 16.4. The number of rotatable bonds is 6. The van der Waals surface area contributed by atoms with Crippen molar-refractivity contribution in [2.45, 2.75) is 25.2 Å². The lowest BCUT2D eigenvalue weighted by molar-refractivity contribution is 0.414. The van der Waals surface area contributed by atoms with E-state index in [0.717, 1.165) is 17.7 Å². The zero-order valence-electron chi connectivity index (χ0n) is 13.1. The first-order valence-corrected chi connectivity index (χ1v) is 8.73. The van der Waals surface area contributed by atoms with Crippen LogP contribution in [0, 0.1) is 0 Å². The molecule has 0 saturated heterocycles. The predicted octanol–water partition coefficient (Wildman–Crippen LogP) is 3.47. The van der Waals surface area contributed by atoms with E-state index in [1.165, 1.54) is 4.31 Å². The molecule has 0 amide bonds. The van der Waals surface area contributed by atoms with Gasteiger partial charge in [0.15, 0.2) is 0 Å². The second-order valence-electron chi connectivity index (χ2n) is 4.83. The molecule has 22 heavy (non-hydrogen) atoms. The van der Waals surface area contributed by atoms with Gasteiger partial charge in [-0.05, 0) is 49.2 Å². The van der Waals surface area contributed by atoms with Gasteiger partial charge >= 0.3 is 0 Å². The maximum atomic E-state index is 12.9. The molecule has 0 aliphatic carbocycles. The van der Waals surface area contributed by atoms with E-state index in [0.29, 0.717) is 12.3 Å². The van der Waals surface area contributed by atoms with Gasteiger partial charge in [-0.25, -0.2) is 8.42 Å². The number of methoxy groups -OCH3 is 1. The van der Waals surface area contributed by atoms with Crippen LogP contribution in [-0.2, 0) is 16.4 Å². The van der Waals surface area contributed by atoms with Crippen LogP contribution in [0.4, 0.5) is 5.69 Å². The minimum atomic E-state index is -3.58. The van der Waals surface area contributed by atoms with E-state index >= 15 is 0 Å². The van der Waals surface area contributed by atoms with Crippen molar-refractivity contribution in [3.05, 3.63) is 54.1 Å². The Hall–Kier alpha value is -2.01. The fourth-order valence-corrected chi connectivity index (χ4v) is 3.91. The van der Waals surface area contributed by atoms with Gasteiger partial charge in [-0.1, -0.05) is 25.1 Å². The van der Waals surface area contributed by atoms with Crippen LogP contribution in [0.2, 0.25) is 0 Å². The minimum absolute atomic E-state index is 0.265. The number of aryl methyl sites for hydroxylation is 1. The molecule has 0 spiro atoms. The summed E-state index contributed by atoms with van der Waals surface area (Å²) in [6.07, 6.45) is 0.783. The lowest BCUT2D eigenvalue weighted by atomic mass is 10.1. The number of nitrogens with zero attached hydrogens (tertiary/aromatic N) is 1. The molecule has 0 N–H and O–H groups in total. The Morgan fingerprint density at radius 3 is 2.18 bits per heavy atom. The van der Waals surface area contributed by atoms with Crippen molar-refractivity contribution >= 4 is 15.7 Å². The molecule has 2 rings (SSSR count). The normalized spacial score (nSPS) is 11.2. The van der Waals surface area contributed by atoms with E-state index in [2.05, 4.69) is 0 Å². The van der Waals surface area contributed by atoms with E-state index < -0.39 is 10.0 Å². The smallest absolute Gasteiger partial charge is 0.264 e. The Morgan fingerprint density at radius 1 is 1.00 bits per heavy atom. The molecule has 0 unspecified atom stereocenters. The van der Waals surface area contributed by atoms with Gasteiger partial charge < -0.3 is 4.74 Å². The Bertz CT molecular complexity index is 724. The highest BCUT2D eigenvalue weighted by molar-refractivity contribution is 7.92. The van der Waals surface area contributed by atoms with E-state index in [9.17, 15) is 8.42 Å². The summed E-state index contributed by atoms with van der Waals surface area (Å²) >= 11 is 0. The molecule has 0 aliphatic heterocycles. The van der Waals surface area contributed by atoms with Crippen LogP contribution in [0.25, 0.3) is 0 Å². The zero-order valence-corrected chi connectivity index (χ0v) is 13.9. The largest absolute Gasteiger partial charge is 0.497 e. The third-order valence-corrected chi connectivity index (χ3v) is 5.48. The molecule has 0 bridgehead atoms. The van der Waals surface area contributed by atoms with Crippen molar-refractivity contribution in [2.75, 3.05) is 18.0 Å². The SMILES string of the molecule is CCc1ccccc1N(CC)S(=O)(=O)c1ccc(OC)cc1. The summed E-state index contributed by atoms with van der Waals surface area (Å²) in [7, 11) is -2.03. The predicted molar refractivity (Wildman–Crippen MR) is 89.0 cm³/mol. The number of para-hydroxylation sites is 1. The highest BCUT2D eigenvalue weighted by atomic mass is 32.2. The number of benzene rings is 2. The summed E-state index contributed by atoms with van der Waals surface area (Å²) in [6, 6.07) is 14.1. The molecule has 0 radical (unpaired) electrons. The highest BCUT2D eigenvalue weighted by Gasteiger charge is 2.24. The van der Waals surface area contributed by atoms with Crippen molar-refractivity contribution in [1.29, 1.82) is 0 Å². The third kappa shape index (κ3) is 3.09. The fraction of sp³-hybridized carbons (Fsp3) is 0.294. The molecule has 0 aromatic heterocycles. The monoisotopic (exact) mass is 319 g/mol. The van der Waals surface area contributed by atoms with Crippen molar-refractivity contribution in [3.63, 3.8) is 0 Å². The maximum Gasteiger partial charge on any atom is 0.264 e. The Kier molecular flexibility index (Phi) is 5.08. The Labute approximate surface area is 132 Å². The molecule has 0 atom stereocenters. The van der Waals surface area contributed by atoms with Crippen LogP contribution in [0.5, 0.6) is 5.75 Å². The van der Waals surface area contributed by atoms with Crippen molar-refractivity contribution in [2.24, 2.45) is 0 Å². The topological polar surface area (TPSA) is 46.6 Å². The Morgan fingerprint density at radius 2 is 1.64 bits per heavy atom. The number of sulfonamides is 1. The molecule has 5 heteroatoms. The summed E-state index contributed by atoms with van der Waals surface area (Å²) in [4.78, 5) is 0.265. The lowest BCUT2D eigenvalue weighted by Crippen LogP contribution is -2.31. The molecule has 2 aromatic rings. The fourth-order valence-electron chi connectivity index (χ4n) is 2.40. The maximum absolute atomic E-state index is 12.9. The van der Waals surface area contributed by atoms with E-state index in [1.54, 1.807) is 31.4 Å². The van der Waals surface area contributed by atoms with Gasteiger partial charge in [-0.15, -0.1) is 0 Å². The van der Waals surface area contributed by atoms with Crippen LogP contribution in [0.15, 0.2) is 53.4 Å². The second kappa shape index (κ2) is 6.83. The van der Waals surface area contributed by atoms with Crippen molar-refractivity contribution < 1.29 is 13.2 Å². The van der Waals surface area contributed by atoms with Crippen molar-refractivity contribution in [3.8, 4) is 5.75 Å². The number of anilines is 1. The van der Waals surface area contributed by atoms with Gasteiger partial charge in [0.1, 0.15) is 5.75 Å². The molecule has 0 heterocycles. The lowest BCUT2D eigenvalue weighted by Gasteiger charge is -2.25. The first-order valence-electron chi connectivity index (χ1n) is 7.29. The van der Waals surface area contributed by atoms with Gasteiger partial charge in [0.25, 0.3) is 10.0 Å². The van der Waals surface area contributed by atoms with Crippen LogP contribution >= 0.6 is 0 Å². The van der Waals surface area contributed by atoms with Gasteiger partial charge in [0.2, 0.25) is 0 Å². The van der Waals surface area contributed by atoms with Crippen LogP contribution in [-0.4, -0.2) is 22.1 Å². The molecule has 4 nitrogen and oxygen atoms in total. The van der Waals surface area contributed by atoms with Gasteiger partial charge in [-0.3, -0.25) is 4.31 Å². The van der Waals surface area contributed by atoms with Gasteiger partial charge in [0.05, 0.1) is 17.7 Å². The number of hydrogen-bond acceptors (Lipinski definition) is 3. The molecule has 0 aliphatic rings. The molecule has 0 fully saturated rings. The molecule has 2 aromatic carbocycles. The summed E-state index contributed by atoms with van der Waals surface area (Å²) in [5, 5.41) is 0. The highest BCUT2D eigenvalue weighted by Crippen LogP contribution is 2.28. The minimum Gasteiger partial charge on any atom is -0.497 e. The second-order valence-corrected chi connectivity index (χ2v) is 6.69. The molecule has 118 valence electrons. The standard InChI is InChI=1S/C17H21NO3S/c1-4-14-8-6-7-9-17(14)18(5-2)22(19,20)16-12-10-15(21-3)11-13-16/h6-13H,4-5H2,1-3H3. The van der Waals surface area contributed by atoms with E-state index in [1.807, 2.05) is 38.1 Å². The summed E-state index contributed by atoms with van der Waals surface area (Å²) in [6.45, 7) is 4.24. The number of hydrogen-bond donors (Lipinski definition) is 0. The summed E-state index contributed by atoms with van der Waals surface area (Å²) < 4.78 is 32.4. The molecular weight excluding hydrogens is 298 g/mol.